The highest BCUT2D eigenvalue weighted by Gasteiger charge is 2.21. The Labute approximate surface area is 148 Å². The van der Waals surface area contributed by atoms with Crippen molar-refractivity contribution >= 4 is 17.6 Å². The van der Waals surface area contributed by atoms with Crippen LogP contribution in [0.5, 0.6) is 5.75 Å². The van der Waals surface area contributed by atoms with E-state index in [1.165, 1.54) is 5.56 Å². The number of ether oxygens (including phenoxy) is 2. The monoisotopic (exact) mass is 341 g/mol. The molecular weight excluding hydrogens is 318 g/mol. The van der Waals surface area contributed by atoms with E-state index in [9.17, 15) is 9.59 Å². The van der Waals surface area contributed by atoms with Crippen molar-refractivity contribution in [3.05, 3.63) is 60.2 Å². The van der Waals surface area contributed by atoms with Crippen LogP contribution in [0, 0.1) is 0 Å². The smallest absolute Gasteiger partial charge is 0.347 e. The van der Waals surface area contributed by atoms with Crippen LogP contribution < -0.4 is 10.1 Å². The Balaban J connectivity index is 1.81. The van der Waals surface area contributed by atoms with Crippen LogP contribution in [0.4, 0.5) is 5.69 Å². The summed E-state index contributed by atoms with van der Waals surface area (Å²) < 4.78 is 10.7. The van der Waals surface area contributed by atoms with E-state index in [0.717, 1.165) is 6.42 Å². The van der Waals surface area contributed by atoms with Crippen molar-refractivity contribution in [2.24, 2.45) is 0 Å². The van der Waals surface area contributed by atoms with Crippen molar-refractivity contribution in [2.75, 3.05) is 11.9 Å². The third-order valence-electron chi connectivity index (χ3n) is 3.65. The highest BCUT2D eigenvalue weighted by molar-refractivity contribution is 5.93. The Morgan fingerprint density at radius 3 is 2.28 bits per heavy atom. The van der Waals surface area contributed by atoms with Crippen LogP contribution in [0.2, 0.25) is 0 Å². The summed E-state index contributed by atoms with van der Waals surface area (Å²) in [6.07, 6.45) is 0.651. The second-order valence-electron chi connectivity index (χ2n) is 5.53. The summed E-state index contributed by atoms with van der Waals surface area (Å²) in [6.45, 7) is 3.54. The Hall–Kier alpha value is -2.82. The molecule has 0 aromatic heterocycles. The SMILES string of the molecule is CCc1ccc(NC(=O)COC(=O)[C@H](CC)Oc2ccccc2)cc1. The highest BCUT2D eigenvalue weighted by atomic mass is 16.6. The molecule has 0 fully saturated rings. The maximum absolute atomic E-state index is 12.1. The zero-order valence-electron chi connectivity index (χ0n) is 14.5. The second kappa shape index (κ2) is 9.47. The maximum Gasteiger partial charge on any atom is 0.347 e. The molecule has 5 heteroatoms. The summed E-state index contributed by atoms with van der Waals surface area (Å²) in [5.74, 6) is -0.346. The van der Waals surface area contributed by atoms with Gasteiger partial charge in [-0.25, -0.2) is 4.79 Å². The van der Waals surface area contributed by atoms with Gasteiger partial charge in [0.05, 0.1) is 0 Å². The number of esters is 1. The van der Waals surface area contributed by atoms with Crippen molar-refractivity contribution in [3.63, 3.8) is 0 Å². The first-order valence-electron chi connectivity index (χ1n) is 8.39. The minimum absolute atomic E-state index is 0.344. The van der Waals surface area contributed by atoms with Gasteiger partial charge in [-0.1, -0.05) is 44.2 Å². The molecule has 1 amide bonds. The lowest BCUT2D eigenvalue weighted by atomic mass is 10.1. The lowest BCUT2D eigenvalue weighted by Crippen LogP contribution is -2.31. The summed E-state index contributed by atoms with van der Waals surface area (Å²) in [4.78, 5) is 24.0. The fraction of sp³-hybridized carbons (Fsp3) is 0.300. The molecule has 0 saturated heterocycles. The summed E-state index contributed by atoms with van der Waals surface area (Å²) >= 11 is 0. The van der Waals surface area contributed by atoms with Gasteiger partial charge in [0, 0.05) is 5.69 Å². The minimum Gasteiger partial charge on any atom is -0.479 e. The number of hydrogen-bond donors (Lipinski definition) is 1. The average molecular weight is 341 g/mol. The van der Waals surface area contributed by atoms with Crippen molar-refractivity contribution in [1.29, 1.82) is 0 Å². The first kappa shape index (κ1) is 18.5. The molecule has 132 valence electrons. The van der Waals surface area contributed by atoms with Gasteiger partial charge in [0.1, 0.15) is 5.75 Å². The van der Waals surface area contributed by atoms with Gasteiger partial charge in [0.2, 0.25) is 0 Å². The van der Waals surface area contributed by atoms with Gasteiger partial charge in [0.15, 0.2) is 12.7 Å². The molecule has 0 unspecified atom stereocenters. The topological polar surface area (TPSA) is 64.6 Å². The van der Waals surface area contributed by atoms with Crippen molar-refractivity contribution < 1.29 is 19.1 Å². The van der Waals surface area contributed by atoms with Crippen LogP contribution in [-0.2, 0) is 20.7 Å². The molecule has 0 aliphatic rings. The largest absolute Gasteiger partial charge is 0.479 e. The molecule has 0 aliphatic heterocycles. The van der Waals surface area contributed by atoms with Gasteiger partial charge in [0.25, 0.3) is 5.91 Å². The van der Waals surface area contributed by atoms with Gasteiger partial charge >= 0.3 is 5.97 Å². The predicted octanol–water partition coefficient (Wildman–Crippen LogP) is 3.59. The number of hydrogen-bond acceptors (Lipinski definition) is 4. The zero-order chi connectivity index (χ0) is 18.1. The van der Waals surface area contributed by atoms with Crippen LogP contribution in [0.15, 0.2) is 54.6 Å². The minimum atomic E-state index is -0.737. The van der Waals surface area contributed by atoms with Crippen LogP contribution in [0.1, 0.15) is 25.8 Å². The van der Waals surface area contributed by atoms with Crippen molar-refractivity contribution in [2.45, 2.75) is 32.8 Å². The van der Waals surface area contributed by atoms with Crippen molar-refractivity contribution in [1.82, 2.24) is 0 Å². The molecule has 5 nitrogen and oxygen atoms in total. The number of carbonyl (C=O) groups excluding carboxylic acids is 2. The number of para-hydroxylation sites is 1. The van der Waals surface area contributed by atoms with Crippen LogP contribution >= 0.6 is 0 Å². The van der Waals surface area contributed by atoms with Gasteiger partial charge in [-0.15, -0.1) is 0 Å². The first-order chi connectivity index (χ1) is 12.1. The number of nitrogens with one attached hydrogen (secondary N) is 1. The first-order valence-corrected chi connectivity index (χ1v) is 8.39. The standard InChI is InChI=1S/C20H23NO4/c1-3-15-10-12-16(13-11-15)21-19(22)14-24-20(23)18(4-2)25-17-8-6-5-7-9-17/h5-13,18H,3-4,14H2,1-2H3,(H,21,22)/t18-/m0/s1. The lowest BCUT2D eigenvalue weighted by molar-refractivity contribution is -0.154. The fourth-order valence-electron chi connectivity index (χ4n) is 2.21. The quantitative estimate of drug-likeness (QED) is 0.745. The third-order valence-corrected chi connectivity index (χ3v) is 3.65. The molecule has 2 aromatic carbocycles. The van der Waals surface area contributed by atoms with E-state index in [-0.39, 0.29) is 12.5 Å². The van der Waals surface area contributed by atoms with E-state index in [1.807, 2.05) is 49.4 Å². The number of aryl methyl sites for hydroxylation is 1. The molecule has 2 rings (SSSR count). The number of anilines is 1. The van der Waals surface area contributed by atoms with E-state index in [4.69, 9.17) is 9.47 Å². The molecule has 1 atom stereocenters. The fourth-order valence-corrected chi connectivity index (χ4v) is 2.21. The van der Waals surface area contributed by atoms with Gasteiger partial charge in [-0.3, -0.25) is 4.79 Å². The molecule has 0 saturated carbocycles. The molecule has 2 aromatic rings. The summed E-state index contributed by atoms with van der Waals surface area (Å²) in [7, 11) is 0. The van der Waals surface area contributed by atoms with Crippen molar-refractivity contribution in [3.8, 4) is 5.75 Å². The lowest BCUT2D eigenvalue weighted by Gasteiger charge is -2.16. The Morgan fingerprint density at radius 1 is 1.00 bits per heavy atom. The van der Waals surface area contributed by atoms with E-state index < -0.39 is 12.1 Å². The van der Waals surface area contributed by atoms with E-state index >= 15 is 0 Å². The van der Waals surface area contributed by atoms with Crippen LogP contribution in [0.25, 0.3) is 0 Å². The zero-order valence-corrected chi connectivity index (χ0v) is 14.5. The molecule has 0 spiro atoms. The molecule has 0 heterocycles. The summed E-state index contributed by atoms with van der Waals surface area (Å²) in [5.41, 5.74) is 1.86. The Kier molecular flexibility index (Phi) is 7.01. The van der Waals surface area contributed by atoms with Crippen LogP contribution in [-0.4, -0.2) is 24.6 Å². The second-order valence-corrected chi connectivity index (χ2v) is 5.53. The number of carbonyl (C=O) groups is 2. The molecule has 0 bridgehead atoms. The third kappa shape index (κ3) is 5.95. The van der Waals surface area contributed by atoms with Crippen LogP contribution in [0.3, 0.4) is 0 Å². The number of amides is 1. The normalized spacial score (nSPS) is 11.4. The van der Waals surface area contributed by atoms with E-state index in [2.05, 4.69) is 12.2 Å². The van der Waals surface area contributed by atoms with Gasteiger partial charge in [-0.05, 0) is 42.7 Å². The van der Waals surface area contributed by atoms with Gasteiger partial charge < -0.3 is 14.8 Å². The maximum atomic E-state index is 12.1. The Bertz CT molecular complexity index is 683. The van der Waals surface area contributed by atoms with Gasteiger partial charge in [-0.2, -0.15) is 0 Å². The average Bonchev–Trinajstić information content (AvgIpc) is 2.65. The van der Waals surface area contributed by atoms with E-state index in [0.29, 0.717) is 17.9 Å². The van der Waals surface area contributed by atoms with E-state index in [1.54, 1.807) is 12.1 Å². The Morgan fingerprint density at radius 2 is 1.68 bits per heavy atom. The molecule has 25 heavy (non-hydrogen) atoms. The number of rotatable bonds is 8. The summed E-state index contributed by atoms with van der Waals surface area (Å²) in [5, 5.41) is 2.70. The summed E-state index contributed by atoms with van der Waals surface area (Å²) in [6, 6.07) is 16.6. The predicted molar refractivity (Wildman–Crippen MR) is 96.6 cm³/mol. The molecule has 0 radical (unpaired) electrons. The molecule has 0 aliphatic carbocycles. The molecule has 1 N–H and O–H groups in total. The number of benzene rings is 2. The highest BCUT2D eigenvalue weighted by Crippen LogP contribution is 2.14. The molecular formula is C20H23NO4.